The number of nitrogens with one attached hydrogen (secondary N) is 1. The van der Waals surface area contributed by atoms with Crippen LogP contribution < -0.4 is 5.32 Å². The summed E-state index contributed by atoms with van der Waals surface area (Å²) in [6.45, 7) is 5.24. The molecular weight excluding hydrogens is 198 g/mol. The van der Waals surface area contributed by atoms with Gasteiger partial charge in [0, 0.05) is 5.41 Å². The van der Waals surface area contributed by atoms with Crippen molar-refractivity contribution < 1.29 is 19.1 Å². The standard InChI is InChI=1S/C10H17NO4/c1-10(2,3)7(12)6-11-8(13)5-9(14)15-4/h5-6H2,1-4H3,(H,11,13). The van der Waals surface area contributed by atoms with Crippen LogP contribution in [0, 0.1) is 5.41 Å². The van der Waals surface area contributed by atoms with E-state index in [0.717, 1.165) is 0 Å². The molecule has 0 saturated carbocycles. The largest absolute Gasteiger partial charge is 0.469 e. The Labute approximate surface area is 89.2 Å². The summed E-state index contributed by atoms with van der Waals surface area (Å²) in [5.74, 6) is -1.20. The molecule has 0 radical (unpaired) electrons. The van der Waals surface area contributed by atoms with Gasteiger partial charge in [0.2, 0.25) is 5.91 Å². The van der Waals surface area contributed by atoms with Crippen molar-refractivity contribution in [2.75, 3.05) is 13.7 Å². The van der Waals surface area contributed by atoms with Crippen LogP contribution in [0.3, 0.4) is 0 Å². The van der Waals surface area contributed by atoms with Crippen LogP contribution in [0.15, 0.2) is 0 Å². The molecule has 0 aromatic rings. The molecular formula is C10H17NO4. The van der Waals surface area contributed by atoms with Gasteiger partial charge in [0.05, 0.1) is 13.7 Å². The van der Waals surface area contributed by atoms with Crippen molar-refractivity contribution in [1.82, 2.24) is 5.32 Å². The van der Waals surface area contributed by atoms with Gasteiger partial charge in [0.1, 0.15) is 6.42 Å². The molecule has 0 aromatic carbocycles. The summed E-state index contributed by atoms with van der Waals surface area (Å²) in [7, 11) is 1.20. The lowest BCUT2D eigenvalue weighted by Gasteiger charge is -2.16. The Balaban J connectivity index is 3.92. The Bertz CT molecular complexity index is 265. The van der Waals surface area contributed by atoms with E-state index in [1.54, 1.807) is 20.8 Å². The molecule has 0 aliphatic rings. The van der Waals surface area contributed by atoms with E-state index < -0.39 is 17.3 Å². The maximum Gasteiger partial charge on any atom is 0.315 e. The molecule has 1 N–H and O–H groups in total. The Morgan fingerprint density at radius 3 is 2.13 bits per heavy atom. The Morgan fingerprint density at radius 1 is 1.20 bits per heavy atom. The third kappa shape index (κ3) is 5.83. The molecule has 0 bridgehead atoms. The fraction of sp³-hybridized carbons (Fsp3) is 0.700. The second kappa shape index (κ2) is 5.48. The Hall–Kier alpha value is -1.39. The molecule has 5 nitrogen and oxygen atoms in total. The van der Waals surface area contributed by atoms with E-state index in [9.17, 15) is 14.4 Å². The van der Waals surface area contributed by atoms with Gasteiger partial charge in [-0.3, -0.25) is 14.4 Å². The van der Waals surface area contributed by atoms with Gasteiger partial charge in [-0.05, 0) is 0 Å². The molecule has 0 heterocycles. The summed E-state index contributed by atoms with van der Waals surface area (Å²) < 4.78 is 4.31. The summed E-state index contributed by atoms with van der Waals surface area (Å²) in [6.07, 6.45) is -0.353. The van der Waals surface area contributed by atoms with E-state index in [2.05, 4.69) is 10.1 Å². The molecule has 0 atom stereocenters. The van der Waals surface area contributed by atoms with E-state index in [4.69, 9.17) is 0 Å². The topological polar surface area (TPSA) is 72.5 Å². The van der Waals surface area contributed by atoms with Gasteiger partial charge in [-0.15, -0.1) is 0 Å². The van der Waals surface area contributed by atoms with Crippen LogP contribution in [0.5, 0.6) is 0 Å². The lowest BCUT2D eigenvalue weighted by molar-refractivity contribution is -0.144. The van der Waals surface area contributed by atoms with Crippen molar-refractivity contribution in [2.24, 2.45) is 5.41 Å². The molecule has 0 aliphatic carbocycles. The number of hydrogen-bond acceptors (Lipinski definition) is 4. The van der Waals surface area contributed by atoms with Gasteiger partial charge in [0.25, 0.3) is 0 Å². The van der Waals surface area contributed by atoms with E-state index in [1.165, 1.54) is 7.11 Å². The second-order valence-electron chi connectivity index (χ2n) is 4.20. The molecule has 0 aliphatic heterocycles. The molecule has 86 valence electrons. The van der Waals surface area contributed by atoms with Crippen molar-refractivity contribution in [2.45, 2.75) is 27.2 Å². The zero-order valence-corrected chi connectivity index (χ0v) is 9.55. The normalized spacial score (nSPS) is 10.7. The SMILES string of the molecule is COC(=O)CC(=O)NCC(=O)C(C)(C)C. The summed E-state index contributed by atoms with van der Waals surface area (Å²) in [6, 6.07) is 0. The van der Waals surface area contributed by atoms with Crippen molar-refractivity contribution in [3.63, 3.8) is 0 Å². The van der Waals surface area contributed by atoms with Gasteiger partial charge in [0.15, 0.2) is 5.78 Å². The fourth-order valence-electron chi connectivity index (χ4n) is 0.710. The molecule has 0 fully saturated rings. The van der Waals surface area contributed by atoms with E-state index >= 15 is 0 Å². The number of methoxy groups -OCH3 is 1. The smallest absolute Gasteiger partial charge is 0.315 e. The maximum atomic E-state index is 11.4. The van der Waals surface area contributed by atoms with Gasteiger partial charge in [-0.25, -0.2) is 0 Å². The maximum absolute atomic E-state index is 11.4. The van der Waals surface area contributed by atoms with E-state index in [1.807, 2.05) is 0 Å². The number of ketones is 1. The van der Waals surface area contributed by atoms with Crippen molar-refractivity contribution in [3.8, 4) is 0 Å². The Morgan fingerprint density at radius 2 is 1.73 bits per heavy atom. The molecule has 0 spiro atoms. The van der Waals surface area contributed by atoms with Crippen molar-refractivity contribution in [1.29, 1.82) is 0 Å². The monoisotopic (exact) mass is 215 g/mol. The number of ether oxygens (including phenoxy) is 1. The highest BCUT2D eigenvalue weighted by atomic mass is 16.5. The highest BCUT2D eigenvalue weighted by Crippen LogP contribution is 2.13. The van der Waals surface area contributed by atoms with Gasteiger partial charge in [-0.1, -0.05) is 20.8 Å². The lowest BCUT2D eigenvalue weighted by Crippen LogP contribution is -2.36. The minimum absolute atomic E-state index is 0.0562. The zero-order chi connectivity index (χ0) is 12.1. The first kappa shape index (κ1) is 13.6. The van der Waals surface area contributed by atoms with Crippen molar-refractivity contribution in [3.05, 3.63) is 0 Å². The Kier molecular flexibility index (Phi) is 4.97. The van der Waals surface area contributed by atoms with Crippen LogP contribution in [0.1, 0.15) is 27.2 Å². The molecule has 15 heavy (non-hydrogen) atoms. The first-order chi connectivity index (χ1) is 6.77. The molecule has 1 amide bonds. The number of esters is 1. The first-order valence-electron chi connectivity index (χ1n) is 4.64. The minimum atomic E-state index is -0.615. The molecule has 0 unspecified atom stereocenters. The molecule has 0 saturated heterocycles. The lowest BCUT2D eigenvalue weighted by atomic mass is 9.91. The second-order valence-corrected chi connectivity index (χ2v) is 4.20. The number of carbonyl (C=O) groups is 3. The highest BCUT2D eigenvalue weighted by Gasteiger charge is 2.21. The third-order valence-corrected chi connectivity index (χ3v) is 1.82. The van der Waals surface area contributed by atoms with Crippen LogP contribution in [0.2, 0.25) is 0 Å². The van der Waals surface area contributed by atoms with Crippen LogP contribution in [-0.4, -0.2) is 31.3 Å². The van der Waals surface area contributed by atoms with Crippen LogP contribution >= 0.6 is 0 Å². The predicted molar refractivity (Wildman–Crippen MR) is 54.1 cm³/mol. The quantitative estimate of drug-likeness (QED) is 0.540. The van der Waals surface area contributed by atoms with Gasteiger partial charge >= 0.3 is 5.97 Å². The van der Waals surface area contributed by atoms with Crippen LogP contribution in [0.25, 0.3) is 0 Å². The molecule has 0 rings (SSSR count). The summed E-state index contributed by atoms with van der Waals surface area (Å²) in [5, 5.41) is 2.36. The number of rotatable bonds is 4. The van der Waals surface area contributed by atoms with E-state index in [0.29, 0.717) is 0 Å². The van der Waals surface area contributed by atoms with Crippen LogP contribution in [-0.2, 0) is 19.1 Å². The average molecular weight is 215 g/mol. The van der Waals surface area contributed by atoms with Gasteiger partial charge in [-0.2, -0.15) is 0 Å². The summed E-state index contributed by atoms with van der Waals surface area (Å²) in [5.41, 5.74) is -0.488. The highest BCUT2D eigenvalue weighted by molar-refractivity contribution is 5.96. The minimum Gasteiger partial charge on any atom is -0.469 e. The van der Waals surface area contributed by atoms with E-state index in [-0.39, 0.29) is 18.7 Å². The summed E-state index contributed by atoms with van der Waals surface area (Å²) >= 11 is 0. The van der Waals surface area contributed by atoms with Gasteiger partial charge < -0.3 is 10.1 Å². The molecule has 0 aromatic heterocycles. The fourth-order valence-corrected chi connectivity index (χ4v) is 0.710. The number of hydrogen-bond donors (Lipinski definition) is 1. The summed E-state index contributed by atoms with van der Waals surface area (Å²) in [4.78, 5) is 33.2. The number of Topliss-reactive ketones (excluding diaryl/α,β-unsaturated/α-hetero) is 1. The predicted octanol–water partition coefficient (Wildman–Crippen LogP) is 0.281. The zero-order valence-electron chi connectivity index (χ0n) is 9.55. The average Bonchev–Trinajstić information content (AvgIpc) is 2.12. The van der Waals surface area contributed by atoms with Crippen LogP contribution in [0.4, 0.5) is 0 Å². The first-order valence-corrected chi connectivity index (χ1v) is 4.64. The number of carbonyl (C=O) groups excluding carboxylic acids is 3. The third-order valence-electron chi connectivity index (χ3n) is 1.82. The van der Waals surface area contributed by atoms with Crippen molar-refractivity contribution >= 4 is 17.7 Å². The number of amides is 1. The molecule has 5 heteroatoms.